The zero-order chi connectivity index (χ0) is 55.0. The van der Waals surface area contributed by atoms with Crippen molar-refractivity contribution < 1.29 is 90.5 Å². The Bertz CT molecular complexity index is 2350. The van der Waals surface area contributed by atoms with Gasteiger partial charge in [0.25, 0.3) is 11.8 Å². The van der Waals surface area contributed by atoms with E-state index in [9.17, 15) is 38.4 Å². The monoisotopic (exact) mass is 1040 g/mol. The highest BCUT2D eigenvalue weighted by atomic mass is 16.8. The van der Waals surface area contributed by atoms with Crippen molar-refractivity contribution in [2.24, 2.45) is 61.7 Å². The van der Waals surface area contributed by atoms with E-state index in [0.29, 0.717) is 32.1 Å². The van der Waals surface area contributed by atoms with Crippen LogP contribution in [0.4, 0.5) is 0 Å². The van der Waals surface area contributed by atoms with Crippen LogP contribution in [-0.4, -0.2) is 128 Å². The van der Waals surface area contributed by atoms with Gasteiger partial charge in [0.1, 0.15) is 0 Å². The lowest BCUT2D eigenvalue weighted by atomic mass is 9.33. The normalized spacial score (nSPS) is 43.2. The number of ether oxygens (including phenoxy) is 10. The molecule has 21 heteroatoms. The number of carbonyl (C=O) groups is 9. The number of primary amides is 2. The lowest BCUT2D eigenvalue weighted by molar-refractivity contribution is -0.370. The van der Waals surface area contributed by atoms with Gasteiger partial charge < -0.3 is 58.8 Å². The van der Waals surface area contributed by atoms with E-state index in [1.807, 2.05) is 26.8 Å². The first-order valence-electron chi connectivity index (χ1n) is 25.7. The number of rotatable bonds is 12. The van der Waals surface area contributed by atoms with Gasteiger partial charge in [0.15, 0.2) is 67.2 Å². The highest BCUT2D eigenvalue weighted by molar-refractivity contribution is 5.96. The van der Waals surface area contributed by atoms with Crippen LogP contribution < -0.4 is 11.5 Å². The molecule has 2 saturated heterocycles. The minimum Gasteiger partial charge on any atom is -0.469 e. The van der Waals surface area contributed by atoms with Crippen LogP contribution >= 0.6 is 0 Å². The van der Waals surface area contributed by atoms with Crippen molar-refractivity contribution in [3.8, 4) is 0 Å². The number of hydrogen-bond acceptors (Lipinski definition) is 19. The second-order valence-corrected chi connectivity index (χ2v) is 23.9. The van der Waals surface area contributed by atoms with Gasteiger partial charge in [-0.3, -0.25) is 43.2 Å². The highest BCUT2D eigenvalue weighted by Crippen LogP contribution is 2.75. The molecule has 2 amide bonds. The molecular weight excluding hydrogens is 969 g/mol. The molecule has 2 aliphatic heterocycles. The van der Waals surface area contributed by atoms with E-state index in [-0.39, 0.29) is 40.3 Å². The van der Waals surface area contributed by atoms with Crippen LogP contribution in [-0.2, 0) is 90.5 Å². The van der Waals surface area contributed by atoms with Crippen molar-refractivity contribution in [3.63, 3.8) is 0 Å². The molecule has 0 spiro atoms. The number of methoxy groups -OCH3 is 1. The maximum Gasteiger partial charge on any atom is 0.311 e. The lowest BCUT2D eigenvalue weighted by Gasteiger charge is -2.70. The fourth-order valence-corrected chi connectivity index (χ4v) is 15.2. The Balaban J connectivity index is 1.27. The molecule has 4 saturated carbocycles. The van der Waals surface area contributed by atoms with E-state index in [1.54, 1.807) is 0 Å². The van der Waals surface area contributed by atoms with Crippen molar-refractivity contribution in [1.29, 1.82) is 0 Å². The Labute approximate surface area is 431 Å². The number of nitrogens with two attached hydrogens (primary N) is 2. The first-order chi connectivity index (χ1) is 34.3. The molecule has 5 aliphatic carbocycles. The van der Waals surface area contributed by atoms with Crippen molar-refractivity contribution in [3.05, 3.63) is 11.6 Å². The minimum atomic E-state index is -2.00. The zero-order valence-electron chi connectivity index (χ0n) is 44.9. The summed E-state index contributed by atoms with van der Waals surface area (Å²) in [5.74, 6) is -7.79. The smallest absolute Gasteiger partial charge is 0.311 e. The Kier molecular flexibility index (Phi) is 15.5. The van der Waals surface area contributed by atoms with Crippen molar-refractivity contribution in [1.82, 2.24) is 0 Å². The summed E-state index contributed by atoms with van der Waals surface area (Å²) in [4.78, 5) is 118. The van der Waals surface area contributed by atoms with Crippen LogP contribution in [0.25, 0.3) is 0 Å². The van der Waals surface area contributed by atoms with Gasteiger partial charge in [-0.05, 0) is 110 Å². The first kappa shape index (κ1) is 56.7. The van der Waals surface area contributed by atoms with Gasteiger partial charge in [-0.2, -0.15) is 0 Å². The molecule has 2 heterocycles. The van der Waals surface area contributed by atoms with Crippen LogP contribution in [0, 0.1) is 50.2 Å². The third-order valence-electron chi connectivity index (χ3n) is 18.8. The Morgan fingerprint density at radius 2 is 1.05 bits per heavy atom. The molecule has 4 N–H and O–H groups in total. The molecule has 74 heavy (non-hydrogen) atoms. The van der Waals surface area contributed by atoms with Crippen molar-refractivity contribution in [2.75, 3.05) is 7.11 Å². The fraction of sp³-hybridized carbons (Fsp3) is 0.792. The van der Waals surface area contributed by atoms with E-state index >= 15 is 4.79 Å². The number of esters is 6. The maximum absolute atomic E-state index is 15.2. The molecule has 7 rings (SSSR count). The third kappa shape index (κ3) is 9.75. The van der Waals surface area contributed by atoms with Crippen molar-refractivity contribution >= 4 is 53.4 Å². The Morgan fingerprint density at radius 1 is 0.581 bits per heavy atom. The number of hydrogen-bond donors (Lipinski definition) is 2. The van der Waals surface area contributed by atoms with E-state index in [1.165, 1.54) is 7.11 Å². The van der Waals surface area contributed by atoms with Crippen LogP contribution in [0.5, 0.6) is 0 Å². The number of carbonyl (C=O) groups excluding carboxylic acids is 9. The predicted molar refractivity (Wildman–Crippen MR) is 255 cm³/mol. The summed E-state index contributed by atoms with van der Waals surface area (Å²) in [7, 11) is 1.43. The average molecular weight is 1050 g/mol. The largest absolute Gasteiger partial charge is 0.469 e. The lowest BCUT2D eigenvalue weighted by Crippen LogP contribution is -2.69. The van der Waals surface area contributed by atoms with Gasteiger partial charge in [-0.1, -0.05) is 47.1 Å². The Morgan fingerprint density at radius 3 is 1.55 bits per heavy atom. The number of fused-ring (bicyclic) bond motifs is 7. The summed E-state index contributed by atoms with van der Waals surface area (Å²) in [6, 6.07) is 0. The highest BCUT2D eigenvalue weighted by Gasteiger charge is 2.71. The number of ketones is 1. The number of amides is 2. The summed E-state index contributed by atoms with van der Waals surface area (Å²) in [6.07, 6.45) is -10.8. The molecule has 0 unspecified atom stereocenters. The second-order valence-electron chi connectivity index (χ2n) is 23.9. The molecule has 21 nitrogen and oxygen atoms in total. The SMILES string of the molecule is COC(=O)[C@@]1(C)CC[C@]2(C)CC[C@]3(C)C(=CC(=O)[C@@H]4[C@@]5(C)CC[C@H](O[C@@H]6O[C@H](C(N)=O)[C@@H](OC(C)=O)[C@H](OC(C)=O)[C@H]6O[C@H]6O[C@H](C(N)=O)[C@@H](OC(C)=O)[C@H](OC(C)=O)[C@H]6OC(C)=O)C(C)(C)[C@@H]5CC[C@]43C)[C@@H]2C1. The van der Waals surface area contributed by atoms with Crippen LogP contribution in [0.1, 0.15) is 141 Å². The summed E-state index contributed by atoms with van der Waals surface area (Å²) in [5, 5.41) is 0. The van der Waals surface area contributed by atoms with Crippen LogP contribution in [0.2, 0.25) is 0 Å². The van der Waals surface area contributed by atoms with Gasteiger partial charge in [0.2, 0.25) is 0 Å². The van der Waals surface area contributed by atoms with Gasteiger partial charge in [0, 0.05) is 40.5 Å². The van der Waals surface area contributed by atoms with E-state index in [2.05, 4.69) is 27.7 Å². The van der Waals surface area contributed by atoms with Gasteiger partial charge >= 0.3 is 35.8 Å². The Hall–Kier alpha value is -4.99. The molecule has 7 aliphatic rings. The van der Waals surface area contributed by atoms with Crippen LogP contribution in [0.3, 0.4) is 0 Å². The number of allylic oxidation sites excluding steroid dienone is 2. The quantitative estimate of drug-likeness (QED) is 0.159. The molecule has 0 aromatic carbocycles. The maximum atomic E-state index is 15.2. The van der Waals surface area contributed by atoms with Crippen molar-refractivity contribution in [2.45, 2.75) is 208 Å². The third-order valence-corrected chi connectivity index (χ3v) is 18.8. The second kappa shape index (κ2) is 20.2. The van der Waals surface area contributed by atoms with E-state index in [0.717, 1.165) is 65.9 Å². The molecule has 0 bridgehead atoms. The van der Waals surface area contributed by atoms with E-state index < -0.39 is 131 Å². The van der Waals surface area contributed by atoms with Gasteiger partial charge in [0.05, 0.1) is 18.6 Å². The summed E-state index contributed by atoms with van der Waals surface area (Å²) in [6.45, 7) is 20.3. The minimum absolute atomic E-state index is 0.0194. The molecule has 0 aromatic heterocycles. The van der Waals surface area contributed by atoms with Gasteiger partial charge in [-0.15, -0.1) is 0 Å². The molecular formula is C53H76N2O19. The zero-order valence-corrected chi connectivity index (χ0v) is 44.9. The van der Waals surface area contributed by atoms with Gasteiger partial charge in [-0.25, -0.2) is 0 Å². The molecule has 19 atom stereocenters. The first-order valence-corrected chi connectivity index (χ1v) is 25.7. The predicted octanol–water partition coefficient (Wildman–Crippen LogP) is 3.99. The topological polar surface area (TPSA) is 298 Å². The summed E-state index contributed by atoms with van der Waals surface area (Å²) >= 11 is 0. The molecule has 6 fully saturated rings. The molecule has 0 radical (unpaired) electrons. The fourth-order valence-electron chi connectivity index (χ4n) is 15.2. The van der Waals surface area contributed by atoms with Crippen LogP contribution in [0.15, 0.2) is 11.6 Å². The van der Waals surface area contributed by atoms with E-state index in [4.69, 9.17) is 58.8 Å². The standard InChI is InChI=1S/C53H76N2O19/c1-24(56)66-34-36(68-26(3)58)40(70-28(5)60)46(73-39(34)44(55)63)74-41-37(69-27(4)59)35(67-25(2)57)38(43(54)62)72-45(41)71-33-15-16-51(10)32(48(33,6)7)14-17-53(12)42(51)31(61)22-29-30-23-50(9,47(64)65-13)19-18-49(30,8)20-21-52(29,53)11/h22,30,32-42,45-46H,14-21,23H2,1-13H3,(H2,54,62)(H2,55,63)/t30-,32-,33-,34-,35-,36-,37-,38-,39-,40+,41+,42+,45+,46+,49+,50-,51-,52+,53+/m0/s1. The molecule has 0 aromatic rings. The summed E-state index contributed by atoms with van der Waals surface area (Å²) in [5.41, 5.74) is 9.92. The molecule has 412 valence electrons. The average Bonchev–Trinajstić information content (AvgIpc) is 3.27. The summed E-state index contributed by atoms with van der Waals surface area (Å²) < 4.78 is 59.0.